The number of aromatic nitrogens is 1. The number of rotatable bonds is 5. The number of benzene rings is 2. The molecule has 2 aromatic carbocycles. The topological polar surface area (TPSA) is 67.9 Å². The Morgan fingerprint density at radius 1 is 0.833 bits per heavy atom. The molecule has 3 rings (SSSR count). The molecule has 6 heteroatoms. The van der Waals surface area contributed by atoms with E-state index in [1.165, 1.54) is 0 Å². The number of nitrogen functional groups attached to an aromatic ring is 1. The van der Waals surface area contributed by atoms with Gasteiger partial charge in [0.1, 0.15) is 5.75 Å². The van der Waals surface area contributed by atoms with Gasteiger partial charge >= 0.3 is 0 Å². The third-order valence-electron chi connectivity index (χ3n) is 3.99. The zero-order valence-electron chi connectivity index (χ0n) is 14.1. The highest BCUT2D eigenvalue weighted by molar-refractivity contribution is 5.93. The molecule has 3 aromatic rings. The number of methoxy groups -OCH3 is 4. The summed E-state index contributed by atoms with van der Waals surface area (Å²) in [5.74, 6) is 2.49. The van der Waals surface area contributed by atoms with Gasteiger partial charge in [-0.05, 0) is 18.2 Å². The second-order valence-corrected chi connectivity index (χ2v) is 5.19. The fourth-order valence-corrected chi connectivity index (χ4v) is 2.84. The number of nitrogens with two attached hydrogens (primary N) is 1. The van der Waals surface area contributed by atoms with Crippen molar-refractivity contribution in [3.63, 3.8) is 0 Å². The lowest BCUT2D eigenvalue weighted by Crippen LogP contribution is -2.00. The molecule has 0 saturated carbocycles. The van der Waals surface area contributed by atoms with E-state index in [9.17, 15) is 0 Å². The Hall–Kier alpha value is -3.02. The Morgan fingerprint density at radius 2 is 1.58 bits per heavy atom. The minimum Gasteiger partial charge on any atom is -0.497 e. The van der Waals surface area contributed by atoms with Crippen molar-refractivity contribution in [3.05, 3.63) is 36.5 Å². The summed E-state index contributed by atoms with van der Waals surface area (Å²) in [6, 6.07) is 9.44. The third-order valence-corrected chi connectivity index (χ3v) is 3.99. The second kappa shape index (κ2) is 6.23. The van der Waals surface area contributed by atoms with Gasteiger partial charge in [-0.3, -0.25) is 0 Å². The van der Waals surface area contributed by atoms with Crippen LogP contribution in [0.15, 0.2) is 36.5 Å². The van der Waals surface area contributed by atoms with Crippen LogP contribution in [0.1, 0.15) is 0 Å². The lowest BCUT2D eigenvalue weighted by molar-refractivity contribution is 0.327. The normalized spacial score (nSPS) is 10.7. The number of hydrogen-bond donors (Lipinski definition) is 1. The molecule has 0 aliphatic rings. The van der Waals surface area contributed by atoms with Crippen LogP contribution in [0.5, 0.6) is 23.0 Å². The van der Waals surface area contributed by atoms with Crippen molar-refractivity contribution < 1.29 is 18.9 Å². The van der Waals surface area contributed by atoms with Gasteiger partial charge in [0.25, 0.3) is 0 Å². The molecule has 0 radical (unpaired) electrons. The van der Waals surface area contributed by atoms with Crippen LogP contribution in [0, 0.1) is 0 Å². The molecule has 126 valence electrons. The number of fused-ring (bicyclic) bond motifs is 1. The lowest BCUT2D eigenvalue weighted by Gasteiger charge is -2.15. The van der Waals surface area contributed by atoms with Crippen molar-refractivity contribution in [1.29, 1.82) is 0 Å². The molecular formula is C18H20N2O4. The van der Waals surface area contributed by atoms with E-state index in [4.69, 9.17) is 24.7 Å². The first-order chi connectivity index (χ1) is 11.6. The molecule has 2 N–H and O–H groups in total. The van der Waals surface area contributed by atoms with Crippen LogP contribution in [0.4, 0.5) is 5.69 Å². The average Bonchev–Trinajstić information content (AvgIpc) is 3.02. The Kier molecular flexibility index (Phi) is 4.12. The first-order valence-corrected chi connectivity index (χ1v) is 7.38. The van der Waals surface area contributed by atoms with Crippen LogP contribution in [0.25, 0.3) is 16.6 Å². The van der Waals surface area contributed by atoms with E-state index in [0.29, 0.717) is 28.7 Å². The summed E-state index contributed by atoms with van der Waals surface area (Å²) in [6.07, 6.45) is 1.93. The van der Waals surface area contributed by atoms with Gasteiger partial charge in [0, 0.05) is 23.7 Å². The number of anilines is 1. The van der Waals surface area contributed by atoms with E-state index in [1.54, 1.807) is 34.5 Å². The Bertz CT molecular complexity index is 886. The summed E-state index contributed by atoms with van der Waals surface area (Å²) in [5.41, 5.74) is 8.55. The highest BCUT2D eigenvalue weighted by Gasteiger charge is 2.19. The molecule has 0 aliphatic heterocycles. The van der Waals surface area contributed by atoms with E-state index < -0.39 is 0 Å². The van der Waals surface area contributed by atoms with Gasteiger partial charge in [-0.2, -0.15) is 0 Å². The van der Waals surface area contributed by atoms with Gasteiger partial charge in [0.15, 0.2) is 11.5 Å². The summed E-state index contributed by atoms with van der Waals surface area (Å²) in [5, 5.41) is 0.908. The SMILES string of the molecule is COc1ccc(-n2ccc3c(OC)c(OC)c(OC)cc32)c(N)c1. The molecule has 0 unspecified atom stereocenters. The summed E-state index contributed by atoms with van der Waals surface area (Å²) >= 11 is 0. The smallest absolute Gasteiger partial charge is 0.204 e. The lowest BCUT2D eigenvalue weighted by atomic mass is 10.2. The van der Waals surface area contributed by atoms with Crippen molar-refractivity contribution in [2.45, 2.75) is 0 Å². The Labute approximate surface area is 140 Å². The van der Waals surface area contributed by atoms with E-state index in [-0.39, 0.29) is 0 Å². The van der Waals surface area contributed by atoms with Crippen molar-refractivity contribution in [3.8, 4) is 28.7 Å². The van der Waals surface area contributed by atoms with Crippen molar-refractivity contribution >= 4 is 16.6 Å². The van der Waals surface area contributed by atoms with Gasteiger partial charge < -0.3 is 29.2 Å². The van der Waals surface area contributed by atoms with Crippen LogP contribution >= 0.6 is 0 Å². The van der Waals surface area contributed by atoms with E-state index in [1.807, 2.05) is 35.0 Å². The largest absolute Gasteiger partial charge is 0.497 e. The standard InChI is InChI=1S/C18H20N2O4/c1-21-11-5-6-14(13(19)9-11)20-8-7-12-15(20)10-16(22-2)18(24-4)17(12)23-3/h5-10H,19H2,1-4H3. The van der Waals surface area contributed by atoms with Gasteiger partial charge in [-0.25, -0.2) is 0 Å². The fourth-order valence-electron chi connectivity index (χ4n) is 2.84. The molecule has 24 heavy (non-hydrogen) atoms. The van der Waals surface area contributed by atoms with Gasteiger partial charge in [0.05, 0.1) is 45.3 Å². The minimum absolute atomic E-state index is 0.563. The zero-order valence-corrected chi connectivity index (χ0v) is 14.1. The molecule has 1 heterocycles. The van der Waals surface area contributed by atoms with E-state index in [2.05, 4.69) is 0 Å². The molecule has 0 fully saturated rings. The molecule has 0 aliphatic carbocycles. The number of ether oxygens (including phenoxy) is 4. The molecular weight excluding hydrogens is 308 g/mol. The quantitative estimate of drug-likeness (QED) is 0.728. The Morgan fingerprint density at radius 3 is 2.17 bits per heavy atom. The van der Waals surface area contributed by atoms with E-state index in [0.717, 1.165) is 16.6 Å². The van der Waals surface area contributed by atoms with Crippen molar-refractivity contribution in [2.24, 2.45) is 0 Å². The summed E-state index contributed by atoms with van der Waals surface area (Å²) in [4.78, 5) is 0. The fraction of sp³-hybridized carbons (Fsp3) is 0.222. The van der Waals surface area contributed by atoms with Gasteiger partial charge in [-0.15, -0.1) is 0 Å². The molecule has 0 amide bonds. The van der Waals surface area contributed by atoms with Crippen LogP contribution in [0.2, 0.25) is 0 Å². The molecule has 0 atom stereocenters. The van der Waals surface area contributed by atoms with Gasteiger partial charge in [-0.1, -0.05) is 0 Å². The predicted molar refractivity (Wildman–Crippen MR) is 93.9 cm³/mol. The first kappa shape index (κ1) is 15.9. The monoisotopic (exact) mass is 328 g/mol. The summed E-state index contributed by atoms with van der Waals surface area (Å²) in [7, 11) is 6.40. The van der Waals surface area contributed by atoms with Crippen molar-refractivity contribution in [2.75, 3.05) is 34.2 Å². The highest BCUT2D eigenvalue weighted by atomic mass is 16.5. The zero-order chi connectivity index (χ0) is 17.3. The maximum Gasteiger partial charge on any atom is 0.204 e. The van der Waals surface area contributed by atoms with Crippen LogP contribution in [-0.4, -0.2) is 33.0 Å². The van der Waals surface area contributed by atoms with Crippen LogP contribution in [-0.2, 0) is 0 Å². The maximum atomic E-state index is 6.19. The molecule has 0 spiro atoms. The molecule has 6 nitrogen and oxygen atoms in total. The van der Waals surface area contributed by atoms with Crippen LogP contribution in [0.3, 0.4) is 0 Å². The first-order valence-electron chi connectivity index (χ1n) is 7.38. The Balaban J connectivity index is 2.28. The third kappa shape index (κ3) is 2.36. The summed E-state index contributed by atoms with van der Waals surface area (Å²) < 4.78 is 23.6. The average molecular weight is 328 g/mol. The van der Waals surface area contributed by atoms with Gasteiger partial charge in [0.2, 0.25) is 5.75 Å². The van der Waals surface area contributed by atoms with Crippen LogP contribution < -0.4 is 24.7 Å². The predicted octanol–water partition coefficient (Wildman–Crippen LogP) is 3.25. The molecule has 0 saturated heterocycles. The molecule has 0 bridgehead atoms. The number of hydrogen-bond acceptors (Lipinski definition) is 5. The number of nitrogens with zero attached hydrogens (tertiary/aromatic N) is 1. The van der Waals surface area contributed by atoms with Crippen molar-refractivity contribution in [1.82, 2.24) is 4.57 Å². The minimum atomic E-state index is 0.563. The summed E-state index contributed by atoms with van der Waals surface area (Å²) in [6.45, 7) is 0. The second-order valence-electron chi connectivity index (χ2n) is 5.19. The maximum absolute atomic E-state index is 6.19. The van der Waals surface area contributed by atoms with E-state index >= 15 is 0 Å². The highest BCUT2D eigenvalue weighted by Crippen LogP contribution is 2.44. The molecule has 1 aromatic heterocycles.